The van der Waals surface area contributed by atoms with Gasteiger partial charge in [-0.05, 0) is 9.91 Å². The van der Waals surface area contributed by atoms with Crippen LogP contribution in [0.25, 0.3) is 0 Å². The maximum absolute atomic E-state index is 12.2. The molecule has 0 aromatic carbocycles. The summed E-state index contributed by atoms with van der Waals surface area (Å²) in [5, 5.41) is 27.7. The number of hydrogen-bond donors (Lipinski definition) is 1. The van der Waals surface area contributed by atoms with E-state index in [9.17, 15) is 18.9 Å². The molecule has 0 aliphatic rings. The van der Waals surface area contributed by atoms with E-state index < -0.39 is 34.2 Å². The highest BCUT2D eigenvalue weighted by Gasteiger charge is 2.27. The van der Waals surface area contributed by atoms with Gasteiger partial charge < -0.3 is 15.2 Å². The van der Waals surface area contributed by atoms with Crippen LogP contribution in [0.1, 0.15) is 17.7 Å². The van der Waals surface area contributed by atoms with Crippen LogP contribution in [0.5, 0.6) is 5.75 Å². The minimum absolute atomic E-state index is 0.568. The van der Waals surface area contributed by atoms with Crippen molar-refractivity contribution in [1.82, 2.24) is 4.98 Å². The normalized spacial score (nSPS) is 10.0. The largest absolute Gasteiger partial charge is 0.504 e. The molecule has 0 aliphatic carbocycles. The number of aromatic hydroxyl groups is 1. The fraction of sp³-hybridized carbons (Fsp3) is 0.143. The third-order valence-electron chi connectivity index (χ3n) is 1.51. The lowest BCUT2D eigenvalue weighted by atomic mass is 10.2. The minimum atomic E-state index is -3.14. The average molecular weight is 215 g/mol. The first kappa shape index (κ1) is 10.8. The highest BCUT2D eigenvalue weighted by molar-refractivity contribution is 5.49. The lowest BCUT2D eigenvalue weighted by Gasteiger charge is -1.99. The molecule has 1 heterocycles. The molecule has 0 bridgehead atoms. The van der Waals surface area contributed by atoms with Gasteiger partial charge in [0.15, 0.2) is 11.3 Å². The quantitative estimate of drug-likeness (QED) is 0.595. The lowest BCUT2D eigenvalue weighted by Crippen LogP contribution is -2.00. The second kappa shape index (κ2) is 3.83. The molecule has 0 atom stereocenters. The van der Waals surface area contributed by atoms with Crippen molar-refractivity contribution in [2.45, 2.75) is 6.43 Å². The average Bonchev–Trinajstić information content (AvgIpc) is 2.16. The third kappa shape index (κ3) is 1.96. The first-order chi connectivity index (χ1) is 6.97. The SMILES string of the molecule is N#Cc1cc(O)c(C(F)F)nc1[N+](=O)[O-]. The molecule has 0 spiro atoms. The van der Waals surface area contributed by atoms with Gasteiger partial charge in [0, 0.05) is 6.07 Å². The summed E-state index contributed by atoms with van der Waals surface area (Å²) in [5.41, 5.74) is -1.68. The molecule has 1 aromatic rings. The molecule has 0 fully saturated rings. The fourth-order valence-corrected chi connectivity index (χ4v) is 0.889. The number of rotatable bonds is 2. The molecule has 6 nitrogen and oxygen atoms in total. The number of nitriles is 1. The molecule has 15 heavy (non-hydrogen) atoms. The number of alkyl halides is 2. The van der Waals surface area contributed by atoms with Gasteiger partial charge in [-0.15, -0.1) is 0 Å². The Kier molecular flexibility index (Phi) is 2.75. The molecule has 0 saturated carbocycles. The van der Waals surface area contributed by atoms with Crippen molar-refractivity contribution in [2.24, 2.45) is 0 Å². The summed E-state index contributed by atoms with van der Waals surface area (Å²) in [6.07, 6.45) is -3.14. The van der Waals surface area contributed by atoms with Crippen molar-refractivity contribution in [3.8, 4) is 11.8 Å². The first-order valence-electron chi connectivity index (χ1n) is 3.54. The van der Waals surface area contributed by atoms with E-state index in [2.05, 4.69) is 4.98 Å². The zero-order chi connectivity index (χ0) is 11.6. The number of nitro groups is 1. The second-order valence-corrected chi connectivity index (χ2v) is 2.43. The molecule has 0 radical (unpaired) electrons. The lowest BCUT2D eigenvalue weighted by molar-refractivity contribution is -0.390. The van der Waals surface area contributed by atoms with E-state index in [1.807, 2.05) is 0 Å². The zero-order valence-electron chi connectivity index (χ0n) is 7.02. The predicted octanol–water partition coefficient (Wildman–Crippen LogP) is 1.50. The van der Waals surface area contributed by atoms with Crippen LogP contribution in [0, 0.1) is 21.4 Å². The Morgan fingerprint density at radius 2 is 2.27 bits per heavy atom. The van der Waals surface area contributed by atoms with Crippen LogP contribution in [0.2, 0.25) is 0 Å². The van der Waals surface area contributed by atoms with Gasteiger partial charge in [0.05, 0.1) is 0 Å². The van der Waals surface area contributed by atoms with Gasteiger partial charge in [-0.1, -0.05) is 0 Å². The van der Waals surface area contributed by atoms with Crippen LogP contribution < -0.4 is 0 Å². The Morgan fingerprint density at radius 1 is 1.67 bits per heavy atom. The van der Waals surface area contributed by atoms with Crippen LogP contribution >= 0.6 is 0 Å². The summed E-state index contributed by atoms with van der Waals surface area (Å²) in [5.74, 6) is -1.93. The van der Waals surface area contributed by atoms with Crippen LogP contribution in [-0.4, -0.2) is 15.0 Å². The van der Waals surface area contributed by atoms with Gasteiger partial charge >= 0.3 is 12.2 Å². The van der Waals surface area contributed by atoms with Crippen molar-refractivity contribution in [2.75, 3.05) is 0 Å². The van der Waals surface area contributed by atoms with E-state index in [4.69, 9.17) is 10.4 Å². The Labute approximate surface area is 81.6 Å². The standard InChI is InChI=1S/C7H3F2N3O3/c8-6(9)5-4(13)1-3(2-10)7(11-5)12(14)15/h1,6,13H. The Balaban J connectivity index is 3.45. The summed E-state index contributed by atoms with van der Waals surface area (Å²) in [6.45, 7) is 0. The van der Waals surface area contributed by atoms with Gasteiger partial charge in [-0.3, -0.25) is 0 Å². The van der Waals surface area contributed by atoms with E-state index in [-0.39, 0.29) is 0 Å². The van der Waals surface area contributed by atoms with Gasteiger partial charge in [0.2, 0.25) is 0 Å². The molecule has 0 amide bonds. The molecule has 78 valence electrons. The van der Waals surface area contributed by atoms with Gasteiger partial charge in [-0.25, -0.2) is 8.78 Å². The summed E-state index contributed by atoms with van der Waals surface area (Å²) in [6, 6.07) is 1.96. The Hall–Kier alpha value is -2.30. The smallest absolute Gasteiger partial charge is 0.382 e. The number of pyridine rings is 1. The van der Waals surface area contributed by atoms with Gasteiger partial charge in [0.25, 0.3) is 5.69 Å². The van der Waals surface area contributed by atoms with E-state index >= 15 is 0 Å². The molecular formula is C7H3F2N3O3. The summed E-state index contributed by atoms with van der Waals surface area (Å²) in [4.78, 5) is 12.2. The third-order valence-corrected chi connectivity index (χ3v) is 1.51. The molecule has 1 rings (SSSR count). The second-order valence-electron chi connectivity index (χ2n) is 2.43. The minimum Gasteiger partial charge on any atom is -0.504 e. The summed E-state index contributed by atoms with van der Waals surface area (Å²) >= 11 is 0. The molecule has 1 N–H and O–H groups in total. The van der Waals surface area contributed by atoms with Crippen molar-refractivity contribution in [3.05, 3.63) is 27.4 Å². The highest BCUT2D eigenvalue weighted by Crippen LogP contribution is 2.30. The monoisotopic (exact) mass is 215 g/mol. The van der Waals surface area contributed by atoms with Crippen molar-refractivity contribution >= 4 is 5.82 Å². The Morgan fingerprint density at radius 3 is 2.67 bits per heavy atom. The number of halogens is 2. The summed E-state index contributed by atoms with van der Waals surface area (Å²) < 4.78 is 24.4. The number of aromatic nitrogens is 1. The van der Waals surface area contributed by atoms with E-state index in [0.717, 1.165) is 0 Å². The topological polar surface area (TPSA) is 100 Å². The maximum atomic E-state index is 12.2. The van der Waals surface area contributed by atoms with Crippen molar-refractivity contribution in [3.63, 3.8) is 0 Å². The van der Waals surface area contributed by atoms with Gasteiger partial charge in [-0.2, -0.15) is 5.26 Å². The summed E-state index contributed by atoms with van der Waals surface area (Å²) in [7, 11) is 0. The number of hydrogen-bond acceptors (Lipinski definition) is 5. The van der Waals surface area contributed by atoms with E-state index in [0.29, 0.717) is 6.07 Å². The van der Waals surface area contributed by atoms with Crippen LogP contribution in [-0.2, 0) is 0 Å². The Bertz CT molecular complexity index is 456. The van der Waals surface area contributed by atoms with Crippen LogP contribution in [0.3, 0.4) is 0 Å². The predicted molar refractivity (Wildman–Crippen MR) is 42.2 cm³/mol. The molecular weight excluding hydrogens is 212 g/mol. The van der Waals surface area contributed by atoms with E-state index in [1.54, 1.807) is 0 Å². The molecule has 0 unspecified atom stereocenters. The molecule has 1 aromatic heterocycles. The molecule has 0 saturated heterocycles. The van der Waals surface area contributed by atoms with E-state index in [1.165, 1.54) is 6.07 Å². The molecule has 0 aliphatic heterocycles. The fourth-order valence-electron chi connectivity index (χ4n) is 0.889. The zero-order valence-corrected chi connectivity index (χ0v) is 7.02. The van der Waals surface area contributed by atoms with Gasteiger partial charge in [0.1, 0.15) is 6.07 Å². The molecule has 8 heteroatoms. The first-order valence-corrected chi connectivity index (χ1v) is 3.54. The van der Waals surface area contributed by atoms with Crippen LogP contribution in [0.15, 0.2) is 6.07 Å². The number of nitrogens with zero attached hydrogens (tertiary/aromatic N) is 3. The highest BCUT2D eigenvalue weighted by atomic mass is 19.3. The van der Waals surface area contributed by atoms with Crippen LogP contribution in [0.4, 0.5) is 14.6 Å². The van der Waals surface area contributed by atoms with Crippen molar-refractivity contribution in [1.29, 1.82) is 5.26 Å². The van der Waals surface area contributed by atoms with Crippen molar-refractivity contribution < 1.29 is 18.8 Å². The maximum Gasteiger partial charge on any atom is 0.382 e.